The van der Waals surface area contributed by atoms with Crippen LogP contribution in [0.1, 0.15) is 123 Å². The number of aliphatic hydroxyl groups is 2. The summed E-state index contributed by atoms with van der Waals surface area (Å²) in [5, 5.41) is 19.2. The lowest BCUT2D eigenvalue weighted by Gasteiger charge is -2.23. The van der Waals surface area contributed by atoms with Crippen LogP contribution in [-0.2, 0) is 9.47 Å². The molecule has 0 aromatic heterocycles. The van der Waals surface area contributed by atoms with Gasteiger partial charge in [0.15, 0.2) is 6.29 Å². The summed E-state index contributed by atoms with van der Waals surface area (Å²) >= 11 is 0. The Morgan fingerprint density at radius 1 is 0.571 bits per heavy atom. The van der Waals surface area contributed by atoms with Gasteiger partial charge in [0.2, 0.25) is 0 Å². The highest BCUT2D eigenvalue weighted by molar-refractivity contribution is 4.61. The van der Waals surface area contributed by atoms with Gasteiger partial charge in [0.25, 0.3) is 0 Å². The first-order valence-electron chi connectivity index (χ1n) is 12.3. The van der Waals surface area contributed by atoms with Crippen LogP contribution in [-0.4, -0.2) is 42.4 Å². The van der Waals surface area contributed by atoms with E-state index < -0.39 is 12.4 Å². The topological polar surface area (TPSA) is 58.9 Å². The van der Waals surface area contributed by atoms with E-state index in [2.05, 4.69) is 13.8 Å². The van der Waals surface area contributed by atoms with Crippen molar-refractivity contribution in [2.24, 2.45) is 0 Å². The van der Waals surface area contributed by atoms with E-state index in [0.717, 1.165) is 12.8 Å². The fourth-order valence-electron chi connectivity index (χ4n) is 3.41. The lowest BCUT2D eigenvalue weighted by molar-refractivity contribution is -0.197. The summed E-state index contributed by atoms with van der Waals surface area (Å²) in [5.74, 6) is 0. The third-order valence-corrected chi connectivity index (χ3v) is 5.30. The SMILES string of the molecule is CCCCCCCCCCOC(OCCCCCCCCCC)C(O)CCO. The third kappa shape index (κ3) is 19.2. The highest BCUT2D eigenvalue weighted by atomic mass is 16.7. The van der Waals surface area contributed by atoms with Gasteiger partial charge in [-0.15, -0.1) is 0 Å². The average Bonchev–Trinajstić information content (AvgIpc) is 2.69. The second-order valence-corrected chi connectivity index (χ2v) is 8.14. The molecule has 0 fully saturated rings. The summed E-state index contributed by atoms with van der Waals surface area (Å²) in [6.45, 7) is 5.70. The molecule has 0 saturated carbocycles. The molecule has 0 aliphatic rings. The summed E-state index contributed by atoms with van der Waals surface area (Å²) in [6, 6.07) is 0. The van der Waals surface area contributed by atoms with Crippen LogP contribution < -0.4 is 0 Å². The zero-order chi connectivity index (χ0) is 20.7. The molecule has 4 nitrogen and oxygen atoms in total. The molecule has 0 aromatic carbocycles. The van der Waals surface area contributed by atoms with Crippen molar-refractivity contribution in [3.8, 4) is 0 Å². The molecule has 0 spiro atoms. The molecule has 28 heavy (non-hydrogen) atoms. The summed E-state index contributed by atoms with van der Waals surface area (Å²) in [4.78, 5) is 0. The summed E-state index contributed by atoms with van der Waals surface area (Å²) in [5.41, 5.74) is 0. The molecule has 0 heterocycles. The van der Waals surface area contributed by atoms with Crippen LogP contribution in [0.15, 0.2) is 0 Å². The normalized spacial score (nSPS) is 12.8. The summed E-state index contributed by atoms with van der Waals surface area (Å²) in [6.07, 6.45) is 19.2. The first-order chi connectivity index (χ1) is 13.8. The second-order valence-electron chi connectivity index (χ2n) is 8.14. The predicted octanol–water partition coefficient (Wildman–Crippen LogP) is 6.37. The van der Waals surface area contributed by atoms with Gasteiger partial charge in [-0.2, -0.15) is 0 Å². The lowest BCUT2D eigenvalue weighted by Crippen LogP contribution is -2.33. The molecule has 0 rings (SSSR count). The number of rotatable bonds is 23. The van der Waals surface area contributed by atoms with Gasteiger partial charge in [-0.25, -0.2) is 0 Å². The molecule has 0 radical (unpaired) electrons. The maximum atomic E-state index is 10.1. The van der Waals surface area contributed by atoms with Crippen molar-refractivity contribution in [2.75, 3.05) is 19.8 Å². The largest absolute Gasteiger partial charge is 0.396 e. The van der Waals surface area contributed by atoms with Crippen LogP contribution in [0.25, 0.3) is 0 Å². The molecule has 0 amide bonds. The number of hydrogen-bond acceptors (Lipinski definition) is 4. The molecule has 0 bridgehead atoms. The van der Waals surface area contributed by atoms with Crippen molar-refractivity contribution >= 4 is 0 Å². The van der Waals surface area contributed by atoms with Gasteiger partial charge in [-0.05, 0) is 12.8 Å². The Morgan fingerprint density at radius 2 is 0.929 bits per heavy atom. The number of aliphatic hydroxyl groups excluding tert-OH is 2. The minimum Gasteiger partial charge on any atom is -0.396 e. The van der Waals surface area contributed by atoms with Gasteiger partial charge in [0, 0.05) is 26.2 Å². The number of unbranched alkanes of at least 4 members (excludes halogenated alkanes) is 14. The van der Waals surface area contributed by atoms with Gasteiger partial charge >= 0.3 is 0 Å². The summed E-state index contributed by atoms with van der Waals surface area (Å²) in [7, 11) is 0. The molecular weight excluding hydrogens is 352 g/mol. The predicted molar refractivity (Wildman–Crippen MR) is 119 cm³/mol. The fourth-order valence-corrected chi connectivity index (χ4v) is 3.41. The van der Waals surface area contributed by atoms with Crippen LogP contribution in [0.4, 0.5) is 0 Å². The fraction of sp³-hybridized carbons (Fsp3) is 1.00. The molecule has 1 unspecified atom stereocenters. The van der Waals surface area contributed by atoms with Crippen molar-refractivity contribution in [1.29, 1.82) is 0 Å². The molecule has 0 aliphatic heterocycles. The van der Waals surface area contributed by atoms with E-state index in [9.17, 15) is 5.11 Å². The molecule has 4 heteroatoms. The minimum atomic E-state index is -0.743. The third-order valence-electron chi connectivity index (χ3n) is 5.30. The van der Waals surface area contributed by atoms with Crippen LogP contribution in [0, 0.1) is 0 Å². The van der Waals surface area contributed by atoms with E-state index in [1.54, 1.807) is 0 Å². The molecule has 2 N–H and O–H groups in total. The van der Waals surface area contributed by atoms with Crippen molar-refractivity contribution in [3.05, 3.63) is 0 Å². The lowest BCUT2D eigenvalue weighted by atomic mass is 10.1. The van der Waals surface area contributed by atoms with Crippen molar-refractivity contribution < 1.29 is 19.7 Å². The quantitative estimate of drug-likeness (QED) is 0.154. The van der Waals surface area contributed by atoms with Crippen LogP contribution >= 0.6 is 0 Å². The van der Waals surface area contributed by atoms with Crippen molar-refractivity contribution in [3.63, 3.8) is 0 Å². The second kappa shape index (κ2) is 23.1. The molecule has 170 valence electrons. The van der Waals surface area contributed by atoms with E-state index in [4.69, 9.17) is 14.6 Å². The van der Waals surface area contributed by atoms with Gasteiger partial charge in [-0.3, -0.25) is 0 Å². The zero-order valence-corrected chi connectivity index (χ0v) is 19.0. The average molecular weight is 403 g/mol. The maximum Gasteiger partial charge on any atom is 0.183 e. The first kappa shape index (κ1) is 27.8. The highest BCUT2D eigenvalue weighted by Crippen LogP contribution is 2.12. The van der Waals surface area contributed by atoms with Gasteiger partial charge in [0.05, 0.1) is 0 Å². The molecular formula is C24H50O4. The Labute approximate surface area is 175 Å². The van der Waals surface area contributed by atoms with Crippen LogP contribution in [0.5, 0.6) is 0 Å². The van der Waals surface area contributed by atoms with E-state index in [1.807, 2.05) is 0 Å². The Kier molecular flexibility index (Phi) is 23.0. The monoisotopic (exact) mass is 402 g/mol. The smallest absolute Gasteiger partial charge is 0.183 e. The highest BCUT2D eigenvalue weighted by Gasteiger charge is 2.19. The van der Waals surface area contributed by atoms with Gasteiger partial charge in [0.1, 0.15) is 6.10 Å². The number of ether oxygens (including phenoxy) is 2. The Bertz CT molecular complexity index is 264. The molecule has 1 atom stereocenters. The first-order valence-corrected chi connectivity index (χ1v) is 12.3. The maximum absolute atomic E-state index is 10.1. The van der Waals surface area contributed by atoms with Gasteiger partial charge in [-0.1, -0.05) is 104 Å². The van der Waals surface area contributed by atoms with Crippen molar-refractivity contribution in [2.45, 2.75) is 135 Å². The van der Waals surface area contributed by atoms with E-state index >= 15 is 0 Å². The molecule has 0 aliphatic carbocycles. The van der Waals surface area contributed by atoms with E-state index in [1.165, 1.54) is 89.9 Å². The molecule has 0 aromatic rings. The molecule has 0 saturated heterocycles. The Balaban J connectivity index is 3.72. The van der Waals surface area contributed by atoms with Crippen LogP contribution in [0.3, 0.4) is 0 Å². The number of hydrogen-bond donors (Lipinski definition) is 2. The van der Waals surface area contributed by atoms with Gasteiger partial charge < -0.3 is 19.7 Å². The summed E-state index contributed by atoms with van der Waals surface area (Å²) < 4.78 is 11.6. The Hall–Kier alpha value is -0.160. The zero-order valence-electron chi connectivity index (χ0n) is 19.0. The Morgan fingerprint density at radius 3 is 1.29 bits per heavy atom. The standard InChI is InChI=1S/C24H50O4/c1-3-5-7-9-11-13-15-17-21-27-24(23(26)19-20-25)28-22-18-16-14-12-10-8-6-4-2/h23-26H,3-22H2,1-2H3. The minimum absolute atomic E-state index is 0.0418. The van der Waals surface area contributed by atoms with E-state index in [-0.39, 0.29) is 6.61 Å². The van der Waals surface area contributed by atoms with Crippen molar-refractivity contribution in [1.82, 2.24) is 0 Å². The van der Waals surface area contributed by atoms with E-state index in [0.29, 0.717) is 19.6 Å². The van der Waals surface area contributed by atoms with Crippen LogP contribution in [0.2, 0.25) is 0 Å².